The molecule has 0 bridgehead atoms. The number of nitrogens with two attached hydrogens (primary N) is 2. The zero-order valence-corrected chi connectivity index (χ0v) is 15.9. The fraction of sp³-hybridized carbons (Fsp3) is 0.0909. The molecule has 128 valence electrons. The second-order valence-corrected chi connectivity index (χ2v) is 6.64. The molecule has 0 aromatic heterocycles. The molecule has 0 heterocycles. The average Bonchev–Trinajstić information content (AvgIpc) is 2.63. The van der Waals surface area contributed by atoms with Crippen LogP contribution in [-0.4, -0.2) is 0 Å². The van der Waals surface area contributed by atoms with Crippen LogP contribution in [0.5, 0.6) is 0 Å². The zero-order chi connectivity index (χ0) is 18.1. The highest BCUT2D eigenvalue weighted by molar-refractivity contribution is 9.10. The number of rotatable bonds is 3. The third kappa shape index (κ3) is 6.57. The van der Waals surface area contributed by atoms with Gasteiger partial charge in [-0.1, -0.05) is 94.3 Å². The van der Waals surface area contributed by atoms with Crippen molar-refractivity contribution in [2.45, 2.75) is 13.0 Å². The van der Waals surface area contributed by atoms with E-state index in [9.17, 15) is 0 Å². The lowest BCUT2D eigenvalue weighted by molar-refractivity contribution is 0.911. The average molecular weight is 395 g/mol. The Hall–Kier alpha value is -2.36. The van der Waals surface area contributed by atoms with Crippen LogP contribution in [0.3, 0.4) is 0 Å². The van der Waals surface area contributed by atoms with Gasteiger partial charge >= 0.3 is 0 Å². The van der Waals surface area contributed by atoms with Gasteiger partial charge in [0.2, 0.25) is 0 Å². The molecule has 0 spiro atoms. The van der Waals surface area contributed by atoms with E-state index < -0.39 is 0 Å². The van der Waals surface area contributed by atoms with E-state index in [0.29, 0.717) is 5.70 Å². The first-order chi connectivity index (χ1) is 12.1. The van der Waals surface area contributed by atoms with Gasteiger partial charge in [0.05, 0.1) is 6.04 Å². The first kappa shape index (κ1) is 19.0. The minimum absolute atomic E-state index is 0.170. The summed E-state index contributed by atoms with van der Waals surface area (Å²) in [6.45, 7) is 2.07. The number of hydrogen-bond acceptors (Lipinski definition) is 2. The maximum Gasteiger partial charge on any atom is 0.0504 e. The highest BCUT2D eigenvalue weighted by atomic mass is 79.9. The summed E-state index contributed by atoms with van der Waals surface area (Å²) in [5, 5.41) is 0. The fourth-order valence-electron chi connectivity index (χ4n) is 2.30. The lowest BCUT2D eigenvalue weighted by atomic mass is 10.0. The molecule has 0 radical (unpaired) electrons. The highest BCUT2D eigenvalue weighted by Gasteiger charge is 2.03. The minimum atomic E-state index is -0.170. The van der Waals surface area contributed by atoms with Crippen molar-refractivity contribution in [2.75, 3.05) is 0 Å². The van der Waals surface area contributed by atoms with Gasteiger partial charge in [-0.15, -0.1) is 0 Å². The molecule has 1 atom stereocenters. The SMILES string of the molecule is Cc1cccc(Br)c1.N/C(=C\C(N)c1ccccc1)c1ccccc1. The normalized spacial score (nSPS) is 12.0. The molecule has 3 aromatic rings. The van der Waals surface area contributed by atoms with Crippen LogP contribution in [-0.2, 0) is 0 Å². The van der Waals surface area contributed by atoms with Crippen LogP contribution >= 0.6 is 15.9 Å². The van der Waals surface area contributed by atoms with Crippen LogP contribution in [0.15, 0.2) is 95.5 Å². The van der Waals surface area contributed by atoms with E-state index in [-0.39, 0.29) is 6.04 Å². The topological polar surface area (TPSA) is 52.0 Å². The van der Waals surface area contributed by atoms with Gasteiger partial charge in [0.15, 0.2) is 0 Å². The van der Waals surface area contributed by atoms with Crippen LogP contribution in [0, 0.1) is 6.92 Å². The van der Waals surface area contributed by atoms with Gasteiger partial charge in [-0.25, -0.2) is 0 Å². The van der Waals surface area contributed by atoms with Gasteiger partial charge in [0, 0.05) is 10.2 Å². The van der Waals surface area contributed by atoms with Crippen molar-refractivity contribution in [1.29, 1.82) is 0 Å². The summed E-state index contributed by atoms with van der Waals surface area (Å²) >= 11 is 3.36. The number of benzene rings is 3. The third-order valence-electron chi connectivity index (χ3n) is 3.63. The molecule has 0 aliphatic heterocycles. The molecule has 3 rings (SSSR count). The highest BCUT2D eigenvalue weighted by Crippen LogP contribution is 2.16. The predicted octanol–water partition coefficient (Wildman–Crippen LogP) is 5.44. The van der Waals surface area contributed by atoms with E-state index in [1.807, 2.05) is 78.9 Å². The lowest BCUT2D eigenvalue weighted by Crippen LogP contribution is -2.09. The second-order valence-electron chi connectivity index (χ2n) is 5.72. The Morgan fingerprint density at radius 3 is 2.00 bits per heavy atom. The molecule has 3 aromatic carbocycles. The fourth-order valence-corrected chi connectivity index (χ4v) is 2.81. The van der Waals surface area contributed by atoms with Crippen molar-refractivity contribution >= 4 is 21.6 Å². The van der Waals surface area contributed by atoms with Crippen LogP contribution < -0.4 is 11.5 Å². The Morgan fingerprint density at radius 2 is 1.48 bits per heavy atom. The Bertz CT molecular complexity index is 781. The van der Waals surface area contributed by atoms with E-state index in [4.69, 9.17) is 11.5 Å². The molecule has 0 fully saturated rings. The van der Waals surface area contributed by atoms with E-state index >= 15 is 0 Å². The molecule has 25 heavy (non-hydrogen) atoms. The summed E-state index contributed by atoms with van der Waals surface area (Å²) in [5.74, 6) is 0. The van der Waals surface area contributed by atoms with Gasteiger partial charge in [0.1, 0.15) is 0 Å². The molecule has 0 saturated carbocycles. The summed E-state index contributed by atoms with van der Waals surface area (Å²) in [7, 11) is 0. The van der Waals surface area contributed by atoms with Gasteiger partial charge in [-0.2, -0.15) is 0 Å². The Labute approximate surface area is 158 Å². The maximum atomic E-state index is 6.08. The van der Waals surface area contributed by atoms with Crippen LogP contribution in [0.25, 0.3) is 5.70 Å². The van der Waals surface area contributed by atoms with Crippen LogP contribution in [0.4, 0.5) is 0 Å². The quantitative estimate of drug-likeness (QED) is 0.620. The molecule has 2 nitrogen and oxygen atoms in total. The molecular formula is C22H23BrN2. The van der Waals surface area contributed by atoms with Crippen molar-refractivity contribution in [2.24, 2.45) is 11.5 Å². The number of hydrogen-bond donors (Lipinski definition) is 2. The maximum absolute atomic E-state index is 6.08. The molecule has 0 aliphatic carbocycles. The first-order valence-electron chi connectivity index (χ1n) is 8.11. The van der Waals surface area contributed by atoms with Crippen molar-refractivity contribution in [3.8, 4) is 0 Å². The summed E-state index contributed by atoms with van der Waals surface area (Å²) < 4.78 is 1.15. The molecule has 0 aliphatic rings. The molecule has 3 heteroatoms. The van der Waals surface area contributed by atoms with E-state index in [1.54, 1.807) is 0 Å². The molecule has 1 unspecified atom stereocenters. The summed E-state index contributed by atoms with van der Waals surface area (Å²) in [6.07, 6.45) is 1.88. The minimum Gasteiger partial charge on any atom is -0.398 e. The Kier molecular flexibility index (Phi) is 7.45. The molecule has 4 N–H and O–H groups in total. The smallest absolute Gasteiger partial charge is 0.0504 e. The third-order valence-corrected chi connectivity index (χ3v) is 4.12. The van der Waals surface area contributed by atoms with Crippen molar-refractivity contribution in [3.05, 3.63) is 112 Å². The van der Waals surface area contributed by atoms with Gasteiger partial charge in [-0.05, 0) is 36.3 Å². The number of halogens is 1. The summed E-state index contributed by atoms with van der Waals surface area (Å²) in [6, 6.07) is 27.8. The predicted molar refractivity (Wildman–Crippen MR) is 111 cm³/mol. The monoisotopic (exact) mass is 394 g/mol. The van der Waals surface area contributed by atoms with Crippen molar-refractivity contribution in [1.82, 2.24) is 0 Å². The molecule has 0 saturated heterocycles. The van der Waals surface area contributed by atoms with Crippen molar-refractivity contribution < 1.29 is 0 Å². The molecule has 0 amide bonds. The van der Waals surface area contributed by atoms with Crippen molar-refractivity contribution in [3.63, 3.8) is 0 Å². The van der Waals surface area contributed by atoms with Gasteiger partial charge in [0.25, 0.3) is 0 Å². The molecular weight excluding hydrogens is 372 g/mol. The largest absolute Gasteiger partial charge is 0.398 e. The number of aryl methyl sites for hydroxylation is 1. The van der Waals surface area contributed by atoms with E-state index in [2.05, 4.69) is 35.0 Å². The second kappa shape index (κ2) is 9.82. The summed E-state index contributed by atoms with van der Waals surface area (Å²) in [5.41, 5.74) is 16.2. The summed E-state index contributed by atoms with van der Waals surface area (Å²) in [4.78, 5) is 0. The van der Waals surface area contributed by atoms with E-state index in [0.717, 1.165) is 15.6 Å². The van der Waals surface area contributed by atoms with Gasteiger partial charge in [-0.3, -0.25) is 0 Å². The zero-order valence-electron chi connectivity index (χ0n) is 14.3. The van der Waals surface area contributed by atoms with E-state index in [1.165, 1.54) is 5.56 Å². The van der Waals surface area contributed by atoms with Crippen LogP contribution in [0.2, 0.25) is 0 Å². The Morgan fingerprint density at radius 1 is 0.880 bits per heavy atom. The Balaban J connectivity index is 0.000000236. The first-order valence-corrected chi connectivity index (χ1v) is 8.91. The van der Waals surface area contributed by atoms with Crippen LogP contribution in [0.1, 0.15) is 22.7 Å². The standard InChI is InChI=1S/C15H16N2.C7H7Br/c16-14(12-7-3-1-4-8-12)11-15(17)13-9-5-2-6-10-13;1-6-3-2-4-7(8)5-6/h1-11,14H,16-17H2;2-5H,1H3/b15-11-;. The van der Waals surface area contributed by atoms with Gasteiger partial charge < -0.3 is 11.5 Å². The lowest BCUT2D eigenvalue weighted by Gasteiger charge is -2.09.